The molecular formula is C14H19ClN2O2. The Morgan fingerprint density at radius 3 is 2.74 bits per heavy atom. The molecule has 0 spiro atoms. The zero-order valence-corrected chi connectivity index (χ0v) is 12.0. The third-order valence-electron chi connectivity index (χ3n) is 3.39. The van der Waals surface area contributed by atoms with Gasteiger partial charge in [-0.05, 0) is 38.4 Å². The van der Waals surface area contributed by atoms with Crippen molar-refractivity contribution in [1.29, 1.82) is 0 Å². The minimum absolute atomic E-state index is 0.000932. The molecule has 0 bridgehead atoms. The second-order valence-corrected chi connectivity index (χ2v) is 5.37. The number of amides is 1. The van der Waals surface area contributed by atoms with Gasteiger partial charge in [0.15, 0.2) is 0 Å². The van der Waals surface area contributed by atoms with E-state index in [9.17, 15) is 4.79 Å². The number of likely N-dealkylation sites (tertiary alicyclic amines) is 1. The van der Waals surface area contributed by atoms with Gasteiger partial charge in [0.05, 0.1) is 10.7 Å². The normalized spacial score (nSPS) is 17.2. The molecule has 4 nitrogen and oxygen atoms in total. The Morgan fingerprint density at radius 1 is 1.42 bits per heavy atom. The van der Waals surface area contributed by atoms with Crippen LogP contribution in [0.4, 0.5) is 10.5 Å². The summed E-state index contributed by atoms with van der Waals surface area (Å²) in [5.74, 6) is 0. The van der Waals surface area contributed by atoms with Gasteiger partial charge in [0.25, 0.3) is 0 Å². The maximum Gasteiger partial charge on any atom is 0.411 e. The molecule has 2 rings (SSSR count). The van der Waals surface area contributed by atoms with Crippen molar-refractivity contribution in [3.05, 3.63) is 28.8 Å². The number of halogens is 1. The summed E-state index contributed by atoms with van der Waals surface area (Å²) in [5.41, 5.74) is 1.55. The molecule has 1 saturated heterocycles. The van der Waals surface area contributed by atoms with E-state index in [4.69, 9.17) is 16.3 Å². The summed E-state index contributed by atoms with van der Waals surface area (Å²) >= 11 is 6.06. The van der Waals surface area contributed by atoms with E-state index in [-0.39, 0.29) is 6.10 Å². The molecule has 0 aliphatic carbocycles. The van der Waals surface area contributed by atoms with Crippen LogP contribution in [0.1, 0.15) is 18.4 Å². The van der Waals surface area contributed by atoms with Crippen molar-refractivity contribution in [1.82, 2.24) is 4.90 Å². The average molecular weight is 283 g/mol. The van der Waals surface area contributed by atoms with Gasteiger partial charge in [-0.15, -0.1) is 0 Å². The lowest BCUT2D eigenvalue weighted by Gasteiger charge is -2.28. The predicted octanol–water partition coefficient (Wildman–Crippen LogP) is 3.29. The Bertz CT molecular complexity index is 437. The van der Waals surface area contributed by atoms with E-state index in [0.29, 0.717) is 10.7 Å². The standard InChI is InChI=1S/C14H19ClN2O2/c1-10-4-3-5-12(15)13(10)16-14(18)19-11-6-8-17(2)9-7-11/h3-5,11H,6-9H2,1-2H3,(H,16,18). The van der Waals surface area contributed by atoms with E-state index in [1.54, 1.807) is 6.07 Å². The van der Waals surface area contributed by atoms with Crippen LogP contribution < -0.4 is 5.32 Å². The molecule has 1 aromatic carbocycles. The fourth-order valence-electron chi connectivity index (χ4n) is 2.18. The highest BCUT2D eigenvalue weighted by Gasteiger charge is 2.20. The molecule has 1 aliphatic rings. The number of carbonyl (C=O) groups is 1. The van der Waals surface area contributed by atoms with Crippen molar-refractivity contribution in [2.75, 3.05) is 25.5 Å². The van der Waals surface area contributed by atoms with Crippen LogP contribution in [0, 0.1) is 6.92 Å². The van der Waals surface area contributed by atoms with Gasteiger partial charge in [0.1, 0.15) is 6.10 Å². The third kappa shape index (κ3) is 3.85. The first-order valence-corrected chi connectivity index (χ1v) is 6.85. The fourth-order valence-corrected chi connectivity index (χ4v) is 2.44. The molecule has 1 N–H and O–H groups in total. The van der Waals surface area contributed by atoms with Gasteiger partial charge < -0.3 is 9.64 Å². The van der Waals surface area contributed by atoms with Crippen LogP contribution in [-0.4, -0.2) is 37.2 Å². The number of benzene rings is 1. The lowest BCUT2D eigenvalue weighted by Crippen LogP contribution is -2.36. The van der Waals surface area contributed by atoms with Crippen LogP contribution in [0.25, 0.3) is 0 Å². The maximum atomic E-state index is 11.9. The van der Waals surface area contributed by atoms with Gasteiger partial charge in [0, 0.05) is 13.1 Å². The number of nitrogens with zero attached hydrogens (tertiary/aromatic N) is 1. The highest BCUT2D eigenvalue weighted by Crippen LogP contribution is 2.25. The van der Waals surface area contributed by atoms with Crippen molar-refractivity contribution in [2.45, 2.75) is 25.9 Å². The van der Waals surface area contributed by atoms with Crippen molar-refractivity contribution in [2.24, 2.45) is 0 Å². The number of anilines is 1. The summed E-state index contributed by atoms with van der Waals surface area (Å²) < 4.78 is 5.42. The van der Waals surface area contributed by atoms with Gasteiger partial charge >= 0.3 is 6.09 Å². The minimum atomic E-state index is -0.425. The number of hydrogen-bond acceptors (Lipinski definition) is 3. The third-order valence-corrected chi connectivity index (χ3v) is 3.70. The molecule has 1 fully saturated rings. The van der Waals surface area contributed by atoms with Gasteiger partial charge in [-0.3, -0.25) is 5.32 Å². The Labute approximate surface area is 118 Å². The summed E-state index contributed by atoms with van der Waals surface area (Å²) in [6.45, 7) is 3.82. The largest absolute Gasteiger partial charge is 0.446 e. The molecule has 1 aromatic rings. The number of aryl methyl sites for hydroxylation is 1. The first kappa shape index (κ1) is 14.2. The number of nitrogens with one attached hydrogen (secondary N) is 1. The minimum Gasteiger partial charge on any atom is -0.446 e. The molecule has 0 saturated carbocycles. The molecule has 104 valence electrons. The van der Waals surface area contributed by atoms with Crippen molar-refractivity contribution < 1.29 is 9.53 Å². The number of ether oxygens (including phenoxy) is 1. The fraction of sp³-hybridized carbons (Fsp3) is 0.500. The van der Waals surface area contributed by atoms with Crippen LogP contribution in [0.15, 0.2) is 18.2 Å². The van der Waals surface area contributed by atoms with Gasteiger partial charge in [-0.1, -0.05) is 23.7 Å². The SMILES string of the molecule is Cc1cccc(Cl)c1NC(=O)OC1CCN(C)CC1. The molecule has 1 amide bonds. The van der Waals surface area contributed by atoms with Crippen molar-refractivity contribution >= 4 is 23.4 Å². The quantitative estimate of drug-likeness (QED) is 0.905. The van der Waals surface area contributed by atoms with Crippen LogP contribution in [0.3, 0.4) is 0 Å². The van der Waals surface area contributed by atoms with E-state index in [1.165, 1.54) is 0 Å². The van der Waals surface area contributed by atoms with Crippen molar-refractivity contribution in [3.8, 4) is 0 Å². The van der Waals surface area contributed by atoms with Crippen LogP contribution in [0.5, 0.6) is 0 Å². The zero-order chi connectivity index (χ0) is 13.8. The molecule has 1 heterocycles. The molecule has 19 heavy (non-hydrogen) atoms. The van der Waals surface area contributed by atoms with E-state index < -0.39 is 6.09 Å². The molecule has 5 heteroatoms. The monoisotopic (exact) mass is 282 g/mol. The number of carbonyl (C=O) groups excluding carboxylic acids is 1. The second kappa shape index (κ2) is 6.26. The number of rotatable bonds is 2. The Balaban J connectivity index is 1.91. The molecular weight excluding hydrogens is 264 g/mol. The molecule has 1 aliphatic heterocycles. The van der Waals surface area contributed by atoms with Crippen LogP contribution >= 0.6 is 11.6 Å². The highest BCUT2D eigenvalue weighted by molar-refractivity contribution is 6.33. The Kier molecular flexibility index (Phi) is 4.66. The van der Waals surface area contributed by atoms with E-state index in [2.05, 4.69) is 17.3 Å². The number of piperidine rings is 1. The summed E-state index contributed by atoms with van der Waals surface area (Å²) in [4.78, 5) is 14.1. The Morgan fingerprint density at radius 2 is 2.11 bits per heavy atom. The van der Waals surface area contributed by atoms with Crippen LogP contribution in [0.2, 0.25) is 5.02 Å². The van der Waals surface area contributed by atoms with Gasteiger partial charge in [-0.2, -0.15) is 0 Å². The molecule has 0 aromatic heterocycles. The van der Waals surface area contributed by atoms with E-state index in [1.807, 2.05) is 19.1 Å². The first-order chi connectivity index (χ1) is 9.06. The topological polar surface area (TPSA) is 41.6 Å². The van der Waals surface area contributed by atoms with E-state index in [0.717, 1.165) is 31.5 Å². The maximum absolute atomic E-state index is 11.9. The summed E-state index contributed by atoms with van der Waals surface area (Å²) in [6, 6.07) is 5.50. The van der Waals surface area contributed by atoms with Gasteiger partial charge in [-0.25, -0.2) is 4.79 Å². The number of para-hydroxylation sites is 1. The first-order valence-electron chi connectivity index (χ1n) is 6.47. The van der Waals surface area contributed by atoms with Gasteiger partial charge in [0.2, 0.25) is 0 Å². The zero-order valence-electron chi connectivity index (χ0n) is 11.3. The smallest absolute Gasteiger partial charge is 0.411 e. The summed E-state index contributed by atoms with van der Waals surface area (Å²) in [7, 11) is 2.07. The lowest BCUT2D eigenvalue weighted by atomic mass is 10.1. The molecule has 0 radical (unpaired) electrons. The lowest BCUT2D eigenvalue weighted by molar-refractivity contribution is 0.0661. The summed E-state index contributed by atoms with van der Waals surface area (Å²) in [5, 5.41) is 3.26. The Hall–Kier alpha value is -1.26. The molecule has 0 atom stereocenters. The van der Waals surface area contributed by atoms with Crippen LogP contribution in [-0.2, 0) is 4.74 Å². The molecule has 0 unspecified atom stereocenters. The summed E-state index contributed by atoms with van der Waals surface area (Å²) in [6.07, 6.45) is 1.33. The van der Waals surface area contributed by atoms with Crippen molar-refractivity contribution in [3.63, 3.8) is 0 Å². The predicted molar refractivity (Wildman–Crippen MR) is 76.8 cm³/mol. The second-order valence-electron chi connectivity index (χ2n) is 4.96. The van der Waals surface area contributed by atoms with E-state index >= 15 is 0 Å². The number of hydrogen-bond donors (Lipinski definition) is 1. The average Bonchev–Trinajstić information content (AvgIpc) is 2.37. The highest BCUT2D eigenvalue weighted by atomic mass is 35.5.